The maximum atomic E-state index is 13.3. The van der Waals surface area contributed by atoms with Crippen LogP contribution in [0.1, 0.15) is 16.1 Å². The lowest BCUT2D eigenvalue weighted by atomic mass is 10.2. The Morgan fingerprint density at radius 2 is 2.11 bits per heavy atom. The van der Waals surface area contributed by atoms with Crippen molar-refractivity contribution in [3.63, 3.8) is 0 Å². The van der Waals surface area contributed by atoms with Crippen LogP contribution in [0.4, 0.5) is 8.78 Å². The minimum Gasteiger partial charge on any atom is -0.484 e. The molecule has 0 unspecified atom stereocenters. The van der Waals surface area contributed by atoms with Crippen LogP contribution in [-0.2, 0) is 6.61 Å². The molecule has 98 valence electrons. The summed E-state index contributed by atoms with van der Waals surface area (Å²) in [5, 5.41) is 8.93. The number of halogens is 2. The van der Waals surface area contributed by atoms with E-state index in [0.717, 1.165) is 12.1 Å². The van der Waals surface area contributed by atoms with Gasteiger partial charge in [-0.1, -0.05) is 0 Å². The van der Waals surface area contributed by atoms with Crippen LogP contribution in [0.5, 0.6) is 5.75 Å². The van der Waals surface area contributed by atoms with Gasteiger partial charge in [0.15, 0.2) is 11.6 Å². The zero-order chi connectivity index (χ0) is 13.8. The van der Waals surface area contributed by atoms with Gasteiger partial charge in [-0.05, 0) is 24.3 Å². The van der Waals surface area contributed by atoms with Crippen LogP contribution >= 0.6 is 0 Å². The van der Waals surface area contributed by atoms with Gasteiger partial charge in [0.25, 0.3) is 0 Å². The zero-order valence-electron chi connectivity index (χ0n) is 9.64. The highest BCUT2D eigenvalue weighted by atomic mass is 19.1. The molecule has 0 spiro atoms. The van der Waals surface area contributed by atoms with Gasteiger partial charge in [0.05, 0.1) is 11.3 Å². The molecule has 2 aromatic rings. The van der Waals surface area contributed by atoms with E-state index in [0.29, 0.717) is 6.07 Å². The number of aromatic carboxylic acids is 1. The van der Waals surface area contributed by atoms with Gasteiger partial charge in [-0.2, -0.15) is 0 Å². The summed E-state index contributed by atoms with van der Waals surface area (Å²) < 4.78 is 31.1. The molecule has 4 nitrogen and oxygen atoms in total. The first-order valence-corrected chi connectivity index (χ1v) is 5.33. The lowest BCUT2D eigenvalue weighted by Gasteiger charge is -2.08. The second-order valence-corrected chi connectivity index (χ2v) is 3.67. The Labute approximate surface area is 107 Å². The van der Waals surface area contributed by atoms with Crippen molar-refractivity contribution < 1.29 is 23.4 Å². The van der Waals surface area contributed by atoms with Crippen molar-refractivity contribution in [3.05, 3.63) is 59.4 Å². The van der Waals surface area contributed by atoms with E-state index in [4.69, 9.17) is 9.84 Å². The van der Waals surface area contributed by atoms with Crippen molar-refractivity contribution in [2.24, 2.45) is 0 Å². The molecule has 0 bridgehead atoms. The van der Waals surface area contributed by atoms with Gasteiger partial charge in [0.1, 0.15) is 12.4 Å². The molecule has 1 aromatic carbocycles. The maximum absolute atomic E-state index is 13.3. The SMILES string of the molecule is O=C(O)c1cccnc1COc1ccc(F)cc1F. The molecule has 0 amide bonds. The summed E-state index contributed by atoms with van der Waals surface area (Å²) in [6.07, 6.45) is 1.41. The first kappa shape index (κ1) is 12.9. The Balaban J connectivity index is 2.17. The summed E-state index contributed by atoms with van der Waals surface area (Å²) in [5.41, 5.74) is 0.142. The predicted octanol–water partition coefficient (Wildman–Crippen LogP) is 2.64. The average molecular weight is 265 g/mol. The fraction of sp³-hybridized carbons (Fsp3) is 0.0769. The summed E-state index contributed by atoms with van der Waals surface area (Å²) in [6, 6.07) is 5.72. The largest absolute Gasteiger partial charge is 0.484 e. The molecule has 0 fully saturated rings. The van der Waals surface area contributed by atoms with Gasteiger partial charge in [-0.15, -0.1) is 0 Å². The van der Waals surface area contributed by atoms with Gasteiger partial charge in [0.2, 0.25) is 0 Å². The summed E-state index contributed by atoms with van der Waals surface area (Å²) in [5.74, 6) is -2.88. The van der Waals surface area contributed by atoms with Gasteiger partial charge in [-0.25, -0.2) is 13.6 Å². The van der Waals surface area contributed by atoms with Crippen LogP contribution in [-0.4, -0.2) is 16.1 Å². The lowest BCUT2D eigenvalue weighted by Crippen LogP contribution is -2.08. The summed E-state index contributed by atoms with van der Waals surface area (Å²) in [4.78, 5) is 14.8. The van der Waals surface area contributed by atoms with Crippen LogP contribution in [0.2, 0.25) is 0 Å². The molecule has 0 aliphatic carbocycles. The van der Waals surface area contributed by atoms with Crippen molar-refractivity contribution in [2.45, 2.75) is 6.61 Å². The molecule has 2 rings (SSSR count). The second kappa shape index (κ2) is 5.43. The molecule has 1 N–H and O–H groups in total. The highest BCUT2D eigenvalue weighted by Gasteiger charge is 2.12. The third-order valence-electron chi connectivity index (χ3n) is 2.38. The third-order valence-corrected chi connectivity index (χ3v) is 2.38. The normalized spacial score (nSPS) is 10.2. The number of aromatic nitrogens is 1. The number of pyridine rings is 1. The number of hydrogen-bond donors (Lipinski definition) is 1. The lowest BCUT2D eigenvalue weighted by molar-refractivity contribution is 0.0693. The molecule has 1 heterocycles. The molecular formula is C13H9F2NO3. The monoisotopic (exact) mass is 265 g/mol. The van der Waals surface area contributed by atoms with E-state index in [9.17, 15) is 13.6 Å². The number of rotatable bonds is 4. The van der Waals surface area contributed by atoms with E-state index in [-0.39, 0.29) is 23.6 Å². The Bertz CT molecular complexity index is 617. The third kappa shape index (κ3) is 3.04. The molecule has 0 aliphatic heterocycles. The van der Waals surface area contributed by atoms with Crippen molar-refractivity contribution in [2.75, 3.05) is 0 Å². The molecule has 6 heteroatoms. The molecule has 1 aromatic heterocycles. The first-order valence-electron chi connectivity index (χ1n) is 5.33. The van der Waals surface area contributed by atoms with Gasteiger partial charge >= 0.3 is 5.97 Å². The van der Waals surface area contributed by atoms with E-state index >= 15 is 0 Å². The summed E-state index contributed by atoms with van der Waals surface area (Å²) in [6.45, 7) is -0.217. The van der Waals surface area contributed by atoms with E-state index in [1.807, 2.05) is 0 Å². The topological polar surface area (TPSA) is 59.4 Å². The molecule has 0 atom stereocenters. The maximum Gasteiger partial charge on any atom is 0.337 e. The number of ether oxygens (including phenoxy) is 1. The molecule has 0 aliphatic rings. The quantitative estimate of drug-likeness (QED) is 0.923. The highest BCUT2D eigenvalue weighted by Crippen LogP contribution is 2.19. The van der Waals surface area contributed by atoms with Gasteiger partial charge in [0, 0.05) is 12.3 Å². The minimum atomic E-state index is -1.15. The standard InChI is InChI=1S/C13H9F2NO3/c14-8-3-4-12(10(15)6-8)19-7-11-9(13(17)18)2-1-5-16-11/h1-6H,7H2,(H,17,18). The predicted molar refractivity (Wildman–Crippen MR) is 61.9 cm³/mol. The van der Waals surface area contributed by atoms with Crippen LogP contribution in [0.25, 0.3) is 0 Å². The molecule has 0 saturated heterocycles. The number of nitrogens with zero attached hydrogens (tertiary/aromatic N) is 1. The molecule has 0 radical (unpaired) electrons. The fourth-order valence-corrected chi connectivity index (χ4v) is 1.49. The van der Waals surface area contributed by atoms with E-state index in [1.54, 1.807) is 0 Å². The van der Waals surface area contributed by atoms with Crippen molar-refractivity contribution in [3.8, 4) is 5.75 Å². The van der Waals surface area contributed by atoms with Crippen molar-refractivity contribution >= 4 is 5.97 Å². The summed E-state index contributed by atoms with van der Waals surface area (Å²) >= 11 is 0. The number of carboxylic acids is 1. The van der Waals surface area contributed by atoms with Crippen molar-refractivity contribution in [1.29, 1.82) is 0 Å². The number of benzene rings is 1. The molecule has 19 heavy (non-hydrogen) atoms. The zero-order valence-corrected chi connectivity index (χ0v) is 9.64. The van der Waals surface area contributed by atoms with Gasteiger partial charge < -0.3 is 9.84 Å². The Morgan fingerprint density at radius 3 is 2.79 bits per heavy atom. The fourth-order valence-electron chi connectivity index (χ4n) is 1.49. The Kier molecular flexibility index (Phi) is 3.70. The van der Waals surface area contributed by atoms with Crippen LogP contribution in [0.15, 0.2) is 36.5 Å². The van der Waals surface area contributed by atoms with E-state index in [1.165, 1.54) is 18.3 Å². The van der Waals surface area contributed by atoms with E-state index in [2.05, 4.69) is 4.98 Å². The smallest absolute Gasteiger partial charge is 0.337 e. The average Bonchev–Trinajstić information content (AvgIpc) is 2.38. The number of carbonyl (C=O) groups is 1. The molecular weight excluding hydrogens is 256 g/mol. The summed E-state index contributed by atoms with van der Waals surface area (Å²) in [7, 11) is 0. The van der Waals surface area contributed by atoms with Crippen LogP contribution in [0, 0.1) is 11.6 Å². The Morgan fingerprint density at radius 1 is 1.32 bits per heavy atom. The highest BCUT2D eigenvalue weighted by molar-refractivity contribution is 5.88. The second-order valence-electron chi connectivity index (χ2n) is 3.67. The van der Waals surface area contributed by atoms with Crippen LogP contribution in [0.3, 0.4) is 0 Å². The molecule has 0 saturated carbocycles. The van der Waals surface area contributed by atoms with Crippen molar-refractivity contribution in [1.82, 2.24) is 4.98 Å². The van der Waals surface area contributed by atoms with E-state index < -0.39 is 17.6 Å². The number of hydrogen-bond acceptors (Lipinski definition) is 3. The number of carboxylic acid groups (broad SMARTS) is 1. The van der Waals surface area contributed by atoms with Gasteiger partial charge in [-0.3, -0.25) is 4.98 Å². The first-order chi connectivity index (χ1) is 9.08. The Hall–Kier alpha value is -2.50. The van der Waals surface area contributed by atoms with Crippen LogP contribution < -0.4 is 4.74 Å². The minimum absolute atomic E-state index is 0.0231.